The average molecular weight is 168 g/mol. The highest BCUT2D eigenvalue weighted by molar-refractivity contribution is 7.17. The SMILES string of the molecule is Nc1ccc(F)c2ncsc12. The van der Waals surface area contributed by atoms with E-state index >= 15 is 0 Å². The molecule has 0 fully saturated rings. The van der Waals surface area contributed by atoms with Crippen molar-refractivity contribution in [3.63, 3.8) is 0 Å². The lowest BCUT2D eigenvalue weighted by molar-refractivity contribution is 0.637. The lowest BCUT2D eigenvalue weighted by Gasteiger charge is -1.93. The predicted octanol–water partition coefficient (Wildman–Crippen LogP) is 2.02. The predicted molar refractivity (Wildman–Crippen MR) is 44.0 cm³/mol. The number of halogens is 1. The fraction of sp³-hybridized carbons (Fsp3) is 0. The molecule has 0 radical (unpaired) electrons. The van der Waals surface area contributed by atoms with Crippen LogP contribution < -0.4 is 5.73 Å². The van der Waals surface area contributed by atoms with Crippen LogP contribution in [0, 0.1) is 5.82 Å². The van der Waals surface area contributed by atoms with Gasteiger partial charge in [0.05, 0.1) is 15.9 Å². The van der Waals surface area contributed by atoms with Gasteiger partial charge in [0, 0.05) is 0 Å². The van der Waals surface area contributed by atoms with E-state index < -0.39 is 0 Å². The molecule has 0 amide bonds. The van der Waals surface area contributed by atoms with Crippen LogP contribution in [0.5, 0.6) is 0 Å². The van der Waals surface area contributed by atoms with Gasteiger partial charge in [0.1, 0.15) is 11.3 Å². The van der Waals surface area contributed by atoms with Gasteiger partial charge in [-0.05, 0) is 12.1 Å². The molecular formula is C7H5FN2S. The molecule has 4 heteroatoms. The van der Waals surface area contributed by atoms with Gasteiger partial charge in [0.2, 0.25) is 0 Å². The molecule has 11 heavy (non-hydrogen) atoms. The van der Waals surface area contributed by atoms with Crippen LogP contribution in [0.15, 0.2) is 17.6 Å². The van der Waals surface area contributed by atoms with Gasteiger partial charge in [-0.15, -0.1) is 11.3 Å². The van der Waals surface area contributed by atoms with Crippen LogP contribution in [0.1, 0.15) is 0 Å². The summed E-state index contributed by atoms with van der Waals surface area (Å²) in [5.41, 5.74) is 8.12. The molecule has 1 aromatic carbocycles. The van der Waals surface area contributed by atoms with E-state index in [9.17, 15) is 4.39 Å². The maximum absolute atomic E-state index is 12.9. The Balaban J connectivity index is 2.96. The first kappa shape index (κ1) is 6.54. The third-order valence-electron chi connectivity index (χ3n) is 1.47. The number of anilines is 1. The molecule has 0 saturated heterocycles. The van der Waals surface area contributed by atoms with Crippen molar-refractivity contribution in [3.05, 3.63) is 23.5 Å². The molecule has 0 bridgehead atoms. The van der Waals surface area contributed by atoms with Crippen LogP contribution in [-0.2, 0) is 0 Å². The maximum atomic E-state index is 12.9. The lowest BCUT2D eigenvalue weighted by atomic mass is 10.3. The number of rotatable bonds is 0. The number of nitrogens with two attached hydrogens (primary N) is 1. The van der Waals surface area contributed by atoms with Crippen LogP contribution in [0.3, 0.4) is 0 Å². The number of nitrogen functional groups attached to an aromatic ring is 1. The van der Waals surface area contributed by atoms with Crippen molar-refractivity contribution in [2.75, 3.05) is 5.73 Å². The summed E-state index contributed by atoms with van der Waals surface area (Å²) < 4.78 is 13.6. The Morgan fingerprint density at radius 3 is 3.00 bits per heavy atom. The van der Waals surface area contributed by atoms with Gasteiger partial charge in [-0.2, -0.15) is 0 Å². The molecule has 2 aromatic rings. The zero-order valence-electron chi connectivity index (χ0n) is 5.54. The Bertz CT molecular complexity index is 360. The summed E-state index contributed by atoms with van der Waals surface area (Å²) in [5, 5.41) is 0. The Hall–Kier alpha value is -1.16. The third kappa shape index (κ3) is 0.867. The van der Waals surface area contributed by atoms with E-state index in [2.05, 4.69) is 4.98 Å². The Labute approximate surface area is 66.5 Å². The van der Waals surface area contributed by atoms with Crippen molar-refractivity contribution in [1.29, 1.82) is 0 Å². The second-order valence-electron chi connectivity index (χ2n) is 2.17. The van der Waals surface area contributed by atoms with Crippen molar-refractivity contribution in [3.8, 4) is 0 Å². The first-order chi connectivity index (χ1) is 5.29. The smallest absolute Gasteiger partial charge is 0.150 e. The highest BCUT2D eigenvalue weighted by Gasteiger charge is 2.04. The third-order valence-corrected chi connectivity index (χ3v) is 2.34. The summed E-state index contributed by atoms with van der Waals surface area (Å²) in [6.07, 6.45) is 0. The molecule has 0 saturated carbocycles. The Morgan fingerprint density at radius 1 is 1.45 bits per heavy atom. The first-order valence-corrected chi connectivity index (χ1v) is 3.94. The molecule has 0 spiro atoms. The molecule has 0 aliphatic heterocycles. The zero-order chi connectivity index (χ0) is 7.84. The van der Waals surface area contributed by atoms with Crippen LogP contribution in [-0.4, -0.2) is 4.98 Å². The second-order valence-corrected chi connectivity index (χ2v) is 3.02. The summed E-state index contributed by atoms with van der Waals surface area (Å²) in [5.74, 6) is -0.310. The molecule has 0 unspecified atom stereocenters. The van der Waals surface area contributed by atoms with Gasteiger partial charge in [-0.25, -0.2) is 9.37 Å². The van der Waals surface area contributed by atoms with Crippen molar-refractivity contribution < 1.29 is 4.39 Å². The van der Waals surface area contributed by atoms with Crippen LogP contribution in [0.2, 0.25) is 0 Å². The van der Waals surface area contributed by atoms with E-state index in [1.165, 1.54) is 17.4 Å². The van der Waals surface area contributed by atoms with Gasteiger partial charge >= 0.3 is 0 Å². The van der Waals surface area contributed by atoms with Crippen LogP contribution >= 0.6 is 11.3 Å². The fourth-order valence-corrected chi connectivity index (χ4v) is 1.67. The fourth-order valence-electron chi connectivity index (χ4n) is 0.939. The van der Waals surface area contributed by atoms with E-state index in [4.69, 9.17) is 5.73 Å². The van der Waals surface area contributed by atoms with Crippen molar-refractivity contribution in [1.82, 2.24) is 4.98 Å². The Morgan fingerprint density at radius 2 is 2.27 bits per heavy atom. The van der Waals surface area contributed by atoms with E-state index in [1.54, 1.807) is 11.6 Å². The van der Waals surface area contributed by atoms with Gasteiger partial charge in [0.25, 0.3) is 0 Å². The molecule has 0 aliphatic rings. The summed E-state index contributed by atoms with van der Waals surface area (Å²) in [6.45, 7) is 0. The number of fused-ring (bicyclic) bond motifs is 1. The molecular weight excluding hydrogens is 163 g/mol. The molecule has 2 N–H and O–H groups in total. The van der Waals surface area contributed by atoms with Crippen molar-refractivity contribution in [2.45, 2.75) is 0 Å². The van der Waals surface area contributed by atoms with Crippen LogP contribution in [0.4, 0.5) is 10.1 Å². The maximum Gasteiger partial charge on any atom is 0.150 e. The second kappa shape index (κ2) is 2.17. The number of thiazole rings is 1. The topological polar surface area (TPSA) is 38.9 Å². The zero-order valence-corrected chi connectivity index (χ0v) is 6.36. The van der Waals surface area contributed by atoms with Crippen molar-refractivity contribution in [2.24, 2.45) is 0 Å². The summed E-state index contributed by atoms with van der Waals surface area (Å²) >= 11 is 1.35. The minimum absolute atomic E-state index is 0.310. The average Bonchev–Trinajstić information content (AvgIpc) is 2.45. The number of nitrogens with zero attached hydrogens (tertiary/aromatic N) is 1. The number of hydrogen-bond acceptors (Lipinski definition) is 3. The molecule has 56 valence electrons. The molecule has 2 nitrogen and oxygen atoms in total. The molecule has 0 atom stereocenters. The van der Waals surface area contributed by atoms with Crippen molar-refractivity contribution >= 4 is 27.2 Å². The normalized spacial score (nSPS) is 10.6. The van der Waals surface area contributed by atoms with E-state index in [0.717, 1.165) is 4.70 Å². The quantitative estimate of drug-likeness (QED) is 0.611. The monoisotopic (exact) mass is 168 g/mol. The molecule has 2 rings (SSSR count). The standard InChI is InChI=1S/C7H5FN2S/c8-4-1-2-5(9)7-6(4)10-3-11-7/h1-3H,9H2. The summed E-state index contributed by atoms with van der Waals surface area (Å²) in [4.78, 5) is 3.84. The molecule has 1 heterocycles. The van der Waals surface area contributed by atoms with Crippen LogP contribution in [0.25, 0.3) is 10.2 Å². The Kier molecular flexibility index (Phi) is 1.29. The number of hydrogen-bond donors (Lipinski definition) is 1. The summed E-state index contributed by atoms with van der Waals surface area (Å²) in [7, 11) is 0. The molecule has 1 aromatic heterocycles. The highest BCUT2D eigenvalue weighted by Crippen LogP contribution is 2.25. The van der Waals surface area contributed by atoms with Gasteiger partial charge < -0.3 is 5.73 Å². The minimum Gasteiger partial charge on any atom is -0.398 e. The summed E-state index contributed by atoms with van der Waals surface area (Å²) in [6, 6.07) is 2.88. The van der Waals surface area contributed by atoms with Gasteiger partial charge in [-0.1, -0.05) is 0 Å². The highest BCUT2D eigenvalue weighted by atomic mass is 32.1. The van der Waals surface area contributed by atoms with Gasteiger partial charge in [0.15, 0.2) is 0 Å². The van der Waals surface area contributed by atoms with E-state index in [1.807, 2.05) is 0 Å². The van der Waals surface area contributed by atoms with E-state index in [0.29, 0.717) is 11.2 Å². The lowest BCUT2D eigenvalue weighted by Crippen LogP contribution is -1.86. The minimum atomic E-state index is -0.310. The number of benzene rings is 1. The van der Waals surface area contributed by atoms with Gasteiger partial charge in [-0.3, -0.25) is 0 Å². The van der Waals surface area contributed by atoms with E-state index in [-0.39, 0.29) is 5.82 Å². The first-order valence-electron chi connectivity index (χ1n) is 3.06. The molecule has 0 aliphatic carbocycles. The number of aromatic nitrogens is 1. The largest absolute Gasteiger partial charge is 0.398 e.